The first kappa shape index (κ1) is 34.0. The standard InChI is InChI=1S/C52H48BN2/c1-50(2,3)39-32-44-49-45(33-39)53-47-43(30-38(35-18-10-7-11-19-35)31-46(47)55(49)52(5)29-15-14-28-51(44,52)4)42-27-24-37-20-12-13-21-41(37)48(42)54-40-25-22-36(23-26-40)34-16-8-6-9-17-34/h6-13,16-27,30-33,54H,14-15,28-29H2,1-5H3. The van der Waals surface area contributed by atoms with Gasteiger partial charge in [-0.15, -0.1) is 0 Å². The Balaban J connectivity index is 1.22. The average Bonchev–Trinajstić information content (AvgIpc) is 3.42. The van der Waals surface area contributed by atoms with Gasteiger partial charge in [-0.25, -0.2) is 0 Å². The third-order valence-electron chi connectivity index (χ3n) is 13.4. The highest BCUT2D eigenvalue weighted by molar-refractivity contribution is 6.73. The topological polar surface area (TPSA) is 15.3 Å². The van der Waals surface area contributed by atoms with Crippen molar-refractivity contribution in [2.24, 2.45) is 0 Å². The molecule has 2 heterocycles. The van der Waals surface area contributed by atoms with E-state index in [2.05, 4.69) is 198 Å². The van der Waals surface area contributed by atoms with Crippen molar-refractivity contribution in [2.45, 2.75) is 76.7 Å². The van der Waals surface area contributed by atoms with Gasteiger partial charge < -0.3 is 10.2 Å². The minimum Gasteiger partial charge on any atom is -0.355 e. The zero-order valence-corrected chi connectivity index (χ0v) is 32.7. The van der Waals surface area contributed by atoms with Crippen LogP contribution in [0, 0.1) is 0 Å². The van der Waals surface area contributed by atoms with Gasteiger partial charge in [0.1, 0.15) is 0 Å². The second-order valence-corrected chi connectivity index (χ2v) is 17.6. The molecule has 10 rings (SSSR count). The second-order valence-electron chi connectivity index (χ2n) is 17.6. The van der Waals surface area contributed by atoms with E-state index in [0.717, 1.165) is 11.4 Å². The molecule has 1 fully saturated rings. The summed E-state index contributed by atoms with van der Waals surface area (Å²) < 4.78 is 0. The maximum absolute atomic E-state index is 3.97. The summed E-state index contributed by atoms with van der Waals surface area (Å²) in [5.74, 6) is 0. The number of benzene rings is 7. The Morgan fingerprint density at radius 1 is 0.618 bits per heavy atom. The van der Waals surface area contributed by atoms with Crippen molar-refractivity contribution in [1.29, 1.82) is 0 Å². The molecule has 3 heteroatoms. The van der Waals surface area contributed by atoms with Gasteiger partial charge in [-0.3, -0.25) is 0 Å². The molecule has 1 saturated carbocycles. The molecule has 0 saturated heterocycles. The Morgan fingerprint density at radius 3 is 2.00 bits per heavy atom. The third kappa shape index (κ3) is 5.30. The summed E-state index contributed by atoms with van der Waals surface area (Å²) in [6, 6.07) is 54.0. The van der Waals surface area contributed by atoms with E-state index < -0.39 is 0 Å². The lowest BCUT2D eigenvalue weighted by Crippen LogP contribution is -2.57. The Kier molecular flexibility index (Phi) is 7.72. The van der Waals surface area contributed by atoms with E-state index in [4.69, 9.17) is 0 Å². The fourth-order valence-corrected chi connectivity index (χ4v) is 10.1. The lowest BCUT2D eigenvalue weighted by Gasteiger charge is -2.51. The molecule has 269 valence electrons. The van der Waals surface area contributed by atoms with Crippen LogP contribution in [-0.4, -0.2) is 12.8 Å². The van der Waals surface area contributed by atoms with Crippen LogP contribution < -0.4 is 21.1 Å². The molecule has 0 spiro atoms. The maximum atomic E-state index is 3.97. The van der Waals surface area contributed by atoms with Crippen molar-refractivity contribution in [3.05, 3.63) is 157 Å². The molecule has 0 aromatic heterocycles. The molecule has 0 bridgehead atoms. The normalized spacial score (nSPS) is 19.7. The fourth-order valence-electron chi connectivity index (χ4n) is 10.1. The molecule has 1 N–H and O–H groups in total. The van der Waals surface area contributed by atoms with E-state index in [1.165, 1.54) is 103 Å². The van der Waals surface area contributed by atoms with Gasteiger partial charge in [-0.1, -0.05) is 173 Å². The number of fused-ring (bicyclic) bond motifs is 6. The Hall–Kier alpha value is -5.54. The van der Waals surface area contributed by atoms with E-state index in [-0.39, 0.29) is 16.4 Å². The van der Waals surface area contributed by atoms with Crippen LogP contribution in [0.3, 0.4) is 0 Å². The summed E-state index contributed by atoms with van der Waals surface area (Å²) >= 11 is 0. The van der Waals surface area contributed by atoms with Crippen molar-refractivity contribution in [3.8, 4) is 33.4 Å². The smallest absolute Gasteiger partial charge is 0.197 e. The maximum Gasteiger partial charge on any atom is 0.197 e. The number of hydrogen-bond acceptors (Lipinski definition) is 2. The largest absolute Gasteiger partial charge is 0.355 e. The number of anilines is 4. The van der Waals surface area contributed by atoms with Gasteiger partial charge in [-0.05, 0) is 93.8 Å². The third-order valence-corrected chi connectivity index (χ3v) is 13.4. The highest BCUT2D eigenvalue weighted by Crippen LogP contribution is 2.61. The summed E-state index contributed by atoms with van der Waals surface area (Å²) in [5.41, 5.74) is 18.0. The molecular formula is C52H48BN2. The molecule has 2 aliphatic heterocycles. The first-order chi connectivity index (χ1) is 26.6. The lowest BCUT2D eigenvalue weighted by atomic mass is 9.57. The van der Waals surface area contributed by atoms with Gasteiger partial charge in [0, 0.05) is 33.4 Å². The van der Waals surface area contributed by atoms with Gasteiger partial charge >= 0.3 is 0 Å². The SMILES string of the molecule is CC(C)(C)c1cc2c3c(c1)C1(C)CCCCC1(C)N3c1cc(-c3ccccc3)cc(-c3ccc4ccccc4c3Nc3ccc(-c4ccccc4)cc3)c1[B]2. The summed E-state index contributed by atoms with van der Waals surface area (Å²) in [5, 5.41) is 6.41. The van der Waals surface area contributed by atoms with Crippen LogP contribution in [0.4, 0.5) is 22.7 Å². The summed E-state index contributed by atoms with van der Waals surface area (Å²) in [7, 11) is 2.53. The minimum atomic E-state index is -0.0423. The van der Waals surface area contributed by atoms with Gasteiger partial charge in [-0.2, -0.15) is 0 Å². The van der Waals surface area contributed by atoms with Crippen LogP contribution in [0.1, 0.15) is 71.4 Å². The first-order valence-corrected chi connectivity index (χ1v) is 20.1. The van der Waals surface area contributed by atoms with Gasteiger partial charge in [0.15, 0.2) is 7.28 Å². The van der Waals surface area contributed by atoms with Crippen LogP contribution in [0.15, 0.2) is 146 Å². The van der Waals surface area contributed by atoms with Gasteiger partial charge in [0.05, 0.1) is 11.2 Å². The van der Waals surface area contributed by atoms with Crippen LogP contribution >= 0.6 is 0 Å². The molecule has 1 aliphatic carbocycles. The monoisotopic (exact) mass is 711 g/mol. The lowest BCUT2D eigenvalue weighted by molar-refractivity contribution is 0.195. The number of nitrogens with zero attached hydrogens (tertiary/aromatic N) is 1. The van der Waals surface area contributed by atoms with Crippen molar-refractivity contribution >= 4 is 51.7 Å². The molecule has 2 atom stereocenters. The van der Waals surface area contributed by atoms with Crippen LogP contribution in [0.2, 0.25) is 0 Å². The highest BCUT2D eigenvalue weighted by atomic mass is 15.3. The predicted molar refractivity (Wildman–Crippen MR) is 237 cm³/mol. The molecule has 3 aliphatic rings. The average molecular weight is 712 g/mol. The number of nitrogens with one attached hydrogen (secondary N) is 1. The molecule has 55 heavy (non-hydrogen) atoms. The van der Waals surface area contributed by atoms with Crippen LogP contribution in [0.5, 0.6) is 0 Å². The minimum absolute atomic E-state index is 0.0417. The zero-order chi connectivity index (χ0) is 37.5. The van der Waals surface area contributed by atoms with Gasteiger partial charge in [0.2, 0.25) is 0 Å². The zero-order valence-electron chi connectivity index (χ0n) is 32.7. The van der Waals surface area contributed by atoms with Crippen LogP contribution in [-0.2, 0) is 10.8 Å². The fraction of sp³-hybridized carbons (Fsp3) is 0.231. The molecule has 2 unspecified atom stereocenters. The molecule has 1 radical (unpaired) electrons. The van der Waals surface area contributed by atoms with Crippen molar-refractivity contribution in [2.75, 3.05) is 10.2 Å². The quantitative estimate of drug-likeness (QED) is 0.179. The van der Waals surface area contributed by atoms with E-state index in [1.54, 1.807) is 0 Å². The van der Waals surface area contributed by atoms with Gasteiger partial charge in [0.25, 0.3) is 0 Å². The van der Waals surface area contributed by atoms with Crippen molar-refractivity contribution in [1.82, 2.24) is 0 Å². The molecule has 7 aromatic carbocycles. The summed E-state index contributed by atoms with van der Waals surface area (Å²) in [6.45, 7) is 12.2. The van der Waals surface area contributed by atoms with E-state index in [0.29, 0.717) is 0 Å². The summed E-state index contributed by atoms with van der Waals surface area (Å²) in [4.78, 5) is 2.81. The molecule has 0 amide bonds. The van der Waals surface area contributed by atoms with E-state index >= 15 is 0 Å². The number of hydrogen-bond donors (Lipinski definition) is 1. The number of rotatable bonds is 5. The predicted octanol–water partition coefficient (Wildman–Crippen LogP) is 12.6. The van der Waals surface area contributed by atoms with E-state index in [1.807, 2.05) is 0 Å². The molecule has 2 nitrogen and oxygen atoms in total. The second kappa shape index (κ2) is 12.5. The molecular weight excluding hydrogens is 663 g/mol. The Labute approximate surface area is 327 Å². The van der Waals surface area contributed by atoms with Crippen molar-refractivity contribution in [3.63, 3.8) is 0 Å². The first-order valence-electron chi connectivity index (χ1n) is 20.1. The van der Waals surface area contributed by atoms with Crippen LogP contribution in [0.25, 0.3) is 44.2 Å². The Morgan fingerprint density at radius 2 is 1.27 bits per heavy atom. The van der Waals surface area contributed by atoms with E-state index in [9.17, 15) is 0 Å². The summed E-state index contributed by atoms with van der Waals surface area (Å²) in [6.07, 6.45) is 4.92. The highest BCUT2D eigenvalue weighted by Gasteiger charge is 2.59. The molecule has 7 aromatic rings. The Bertz CT molecular complexity index is 2600. The van der Waals surface area contributed by atoms with Crippen molar-refractivity contribution < 1.29 is 0 Å².